The molecule has 0 amide bonds. The Bertz CT molecular complexity index is 1190. The highest BCUT2D eigenvalue weighted by molar-refractivity contribution is 6.35. The quantitative estimate of drug-likeness (QED) is 0.644. The van der Waals surface area contributed by atoms with E-state index in [0.717, 1.165) is 44.7 Å². The van der Waals surface area contributed by atoms with Crippen LogP contribution in [0.2, 0.25) is 10.0 Å². The third kappa shape index (κ3) is 3.87. The fourth-order valence-corrected chi connectivity index (χ4v) is 4.39. The summed E-state index contributed by atoms with van der Waals surface area (Å²) in [5.74, 6) is 0.666. The van der Waals surface area contributed by atoms with E-state index in [0.29, 0.717) is 33.7 Å². The van der Waals surface area contributed by atoms with Crippen molar-refractivity contribution in [2.24, 2.45) is 7.05 Å². The Morgan fingerprint density at radius 1 is 1.13 bits per heavy atom. The monoisotopic (exact) mass is 450 g/mol. The van der Waals surface area contributed by atoms with E-state index in [1.807, 2.05) is 10.6 Å². The molecule has 30 heavy (non-hydrogen) atoms. The number of halogens is 2. The summed E-state index contributed by atoms with van der Waals surface area (Å²) in [7, 11) is 1.61. The molecule has 160 valence electrons. The Morgan fingerprint density at radius 2 is 1.87 bits per heavy atom. The second kappa shape index (κ2) is 8.45. The van der Waals surface area contributed by atoms with Gasteiger partial charge in [0.05, 0.1) is 6.54 Å². The van der Waals surface area contributed by atoms with E-state index in [-0.39, 0.29) is 0 Å². The molecule has 0 unspecified atom stereocenters. The first-order chi connectivity index (χ1) is 14.4. The molecule has 0 aliphatic carbocycles. The van der Waals surface area contributed by atoms with Crippen molar-refractivity contribution in [3.8, 4) is 0 Å². The lowest BCUT2D eigenvalue weighted by molar-refractivity contribution is 0.257. The number of nitrogens with one attached hydrogen (secondary N) is 1. The van der Waals surface area contributed by atoms with Crippen molar-refractivity contribution in [2.45, 2.75) is 19.9 Å². The molecule has 0 bridgehead atoms. The van der Waals surface area contributed by atoms with Crippen LogP contribution in [0.25, 0.3) is 11.2 Å². The fourth-order valence-electron chi connectivity index (χ4n) is 3.92. The molecule has 1 aliphatic rings. The lowest BCUT2D eigenvalue weighted by Crippen LogP contribution is -2.47. The van der Waals surface area contributed by atoms with E-state index in [2.05, 4.69) is 21.7 Å². The van der Waals surface area contributed by atoms with Crippen LogP contribution in [0.3, 0.4) is 0 Å². The van der Waals surface area contributed by atoms with Crippen LogP contribution in [-0.2, 0) is 13.6 Å². The van der Waals surface area contributed by atoms with Crippen molar-refractivity contribution < 1.29 is 0 Å². The first-order valence-corrected chi connectivity index (χ1v) is 10.8. The van der Waals surface area contributed by atoms with Crippen molar-refractivity contribution in [1.82, 2.24) is 24.0 Å². The van der Waals surface area contributed by atoms with Crippen LogP contribution < -0.4 is 16.1 Å². The zero-order valence-corrected chi connectivity index (χ0v) is 18.5. The molecule has 1 aliphatic heterocycles. The highest BCUT2D eigenvalue weighted by Gasteiger charge is 2.25. The summed E-state index contributed by atoms with van der Waals surface area (Å²) >= 11 is 12.4. The van der Waals surface area contributed by atoms with E-state index in [1.165, 1.54) is 4.57 Å². The number of benzene rings is 1. The third-order valence-corrected chi connectivity index (χ3v) is 6.11. The fraction of sp³-hybridized carbons (Fsp3) is 0.450. The van der Waals surface area contributed by atoms with Crippen LogP contribution in [0.1, 0.15) is 18.9 Å². The van der Waals surface area contributed by atoms with Gasteiger partial charge in [-0.1, -0.05) is 36.2 Å². The van der Waals surface area contributed by atoms with Gasteiger partial charge >= 0.3 is 5.69 Å². The van der Waals surface area contributed by atoms with Crippen molar-refractivity contribution in [3.63, 3.8) is 0 Å². The van der Waals surface area contributed by atoms with Crippen molar-refractivity contribution in [1.29, 1.82) is 0 Å². The van der Waals surface area contributed by atoms with Gasteiger partial charge in [0, 0.05) is 43.3 Å². The Morgan fingerprint density at radius 3 is 2.53 bits per heavy atom. The van der Waals surface area contributed by atoms with E-state index in [1.54, 1.807) is 19.2 Å². The Kier molecular flexibility index (Phi) is 5.90. The number of anilines is 1. The second-order valence-corrected chi connectivity index (χ2v) is 8.40. The van der Waals surface area contributed by atoms with Gasteiger partial charge in [-0.3, -0.25) is 23.8 Å². The predicted molar refractivity (Wildman–Crippen MR) is 120 cm³/mol. The predicted octanol–water partition coefficient (Wildman–Crippen LogP) is 2.31. The number of aromatic nitrogens is 4. The molecule has 10 heteroatoms. The molecule has 8 nitrogen and oxygen atoms in total. The van der Waals surface area contributed by atoms with E-state index >= 15 is 0 Å². The van der Waals surface area contributed by atoms with Crippen LogP contribution in [0.15, 0.2) is 27.8 Å². The standard InChI is InChI=1S/C20H24Cl2N6O2/c1-3-6-26-7-9-27(10-8-26)19-23-17-16(18(29)24-20(30)25(17)2)28(19)12-13-4-5-14(21)11-15(13)22/h4-5,11H,3,6-10,12H2,1-2H3,(H,24,29,30). The Labute approximate surface area is 183 Å². The molecule has 2 aromatic heterocycles. The van der Waals surface area contributed by atoms with Gasteiger partial charge < -0.3 is 4.90 Å². The first-order valence-electron chi connectivity index (χ1n) is 9.99. The third-order valence-electron chi connectivity index (χ3n) is 5.53. The number of piperazine rings is 1. The van der Waals surface area contributed by atoms with E-state index < -0.39 is 11.2 Å². The number of aromatic amines is 1. The highest BCUT2D eigenvalue weighted by atomic mass is 35.5. The molecule has 0 spiro atoms. The van der Waals surface area contributed by atoms with Gasteiger partial charge in [0.2, 0.25) is 5.95 Å². The highest BCUT2D eigenvalue weighted by Crippen LogP contribution is 2.26. The molecule has 4 rings (SSSR count). The second-order valence-electron chi connectivity index (χ2n) is 7.55. The number of hydrogen-bond donors (Lipinski definition) is 1. The number of H-pyrrole nitrogens is 1. The molecule has 1 fully saturated rings. The Balaban J connectivity index is 1.82. The minimum Gasteiger partial charge on any atom is -0.340 e. The summed E-state index contributed by atoms with van der Waals surface area (Å²) in [5.41, 5.74) is 0.593. The topological polar surface area (TPSA) is 79.2 Å². The Hall–Kier alpha value is -2.29. The maximum Gasteiger partial charge on any atom is 0.329 e. The van der Waals surface area contributed by atoms with E-state index in [9.17, 15) is 9.59 Å². The molecular weight excluding hydrogens is 427 g/mol. The molecule has 1 N–H and O–H groups in total. The normalized spacial score (nSPS) is 15.3. The van der Waals surface area contributed by atoms with Crippen LogP contribution in [0.4, 0.5) is 5.95 Å². The van der Waals surface area contributed by atoms with E-state index in [4.69, 9.17) is 28.2 Å². The summed E-state index contributed by atoms with van der Waals surface area (Å²) in [4.78, 5) is 36.5. The number of aryl methyl sites for hydroxylation is 1. The van der Waals surface area contributed by atoms with Gasteiger partial charge in [-0.05, 0) is 30.7 Å². The van der Waals surface area contributed by atoms with Crippen molar-refractivity contribution >= 4 is 40.3 Å². The smallest absolute Gasteiger partial charge is 0.329 e. The molecule has 3 aromatic rings. The number of fused-ring (bicyclic) bond motifs is 1. The summed E-state index contributed by atoms with van der Waals surface area (Å²) in [5, 5.41) is 1.07. The molecule has 0 atom stereocenters. The maximum absolute atomic E-state index is 12.7. The minimum atomic E-state index is -0.485. The molecular formula is C20H24Cl2N6O2. The minimum absolute atomic E-state index is 0.346. The van der Waals surface area contributed by atoms with Crippen LogP contribution in [0.5, 0.6) is 0 Å². The van der Waals surface area contributed by atoms with Crippen LogP contribution in [0, 0.1) is 0 Å². The van der Waals surface area contributed by atoms with Crippen LogP contribution >= 0.6 is 23.2 Å². The maximum atomic E-state index is 12.7. The largest absolute Gasteiger partial charge is 0.340 e. The number of imidazole rings is 1. The summed E-state index contributed by atoms with van der Waals surface area (Å²) < 4.78 is 3.21. The molecule has 1 saturated heterocycles. The lowest BCUT2D eigenvalue weighted by atomic mass is 10.2. The number of rotatable bonds is 5. The zero-order chi connectivity index (χ0) is 21.4. The summed E-state index contributed by atoms with van der Waals surface area (Å²) in [6.45, 7) is 7.03. The molecule has 0 radical (unpaired) electrons. The zero-order valence-electron chi connectivity index (χ0n) is 17.0. The van der Waals surface area contributed by atoms with Gasteiger partial charge in [-0.15, -0.1) is 0 Å². The van der Waals surface area contributed by atoms with Crippen LogP contribution in [-0.4, -0.2) is 56.7 Å². The first kappa shape index (κ1) is 21.0. The summed E-state index contributed by atoms with van der Waals surface area (Å²) in [6.07, 6.45) is 1.12. The van der Waals surface area contributed by atoms with Crippen molar-refractivity contribution in [3.05, 3.63) is 54.6 Å². The van der Waals surface area contributed by atoms with Gasteiger partial charge in [-0.2, -0.15) is 4.98 Å². The van der Waals surface area contributed by atoms with Crippen molar-refractivity contribution in [2.75, 3.05) is 37.6 Å². The SMILES string of the molecule is CCCN1CCN(c2nc3c(c(=O)[nH]c(=O)n3C)n2Cc2ccc(Cl)cc2Cl)CC1. The van der Waals surface area contributed by atoms with Gasteiger partial charge in [0.15, 0.2) is 11.2 Å². The molecule has 3 heterocycles. The van der Waals surface area contributed by atoms with Gasteiger partial charge in [0.25, 0.3) is 5.56 Å². The average molecular weight is 451 g/mol. The average Bonchev–Trinajstić information content (AvgIpc) is 3.09. The van der Waals surface area contributed by atoms with Gasteiger partial charge in [-0.25, -0.2) is 4.79 Å². The lowest BCUT2D eigenvalue weighted by Gasteiger charge is -2.35. The van der Waals surface area contributed by atoms with Gasteiger partial charge in [0.1, 0.15) is 0 Å². The molecule has 0 saturated carbocycles. The number of hydrogen-bond acceptors (Lipinski definition) is 5. The molecule has 1 aromatic carbocycles. The number of nitrogens with zero attached hydrogens (tertiary/aromatic N) is 5. The summed E-state index contributed by atoms with van der Waals surface area (Å²) in [6, 6.07) is 5.29.